The van der Waals surface area contributed by atoms with E-state index in [4.69, 9.17) is 14.6 Å². The topological polar surface area (TPSA) is 34.1 Å². The van der Waals surface area contributed by atoms with E-state index in [1.807, 2.05) is 25.1 Å². The molecule has 0 fully saturated rings. The first-order valence-electron chi connectivity index (χ1n) is 8.97. The second kappa shape index (κ2) is 6.52. The number of hydrazone groups is 1. The standard InChI is InChI=1S/C22H24N2O2/c1-14(2)24-22(16-6-9-17(25-3)10-7-16)19-12-8-15-5-11-18(26-4)13-20(15)21(19)23-24/h5-7,9-11,13,19,22H,1,8,12H2,2-4H3/t19-,22+/m1/s1. The molecule has 0 bridgehead atoms. The van der Waals surface area contributed by atoms with Crippen molar-refractivity contribution in [3.05, 3.63) is 71.4 Å². The maximum atomic E-state index is 5.44. The molecule has 4 nitrogen and oxygen atoms in total. The molecule has 0 amide bonds. The lowest BCUT2D eigenvalue weighted by atomic mass is 9.77. The molecule has 1 aliphatic heterocycles. The van der Waals surface area contributed by atoms with Gasteiger partial charge in [0.05, 0.1) is 26.0 Å². The SMILES string of the molecule is C=C(C)N1N=C2c3cc(OC)ccc3CC[C@H]2[C@@H]1c1ccc(OC)cc1. The minimum atomic E-state index is 0.174. The third-order valence-corrected chi connectivity index (χ3v) is 5.38. The summed E-state index contributed by atoms with van der Waals surface area (Å²) in [6, 6.07) is 14.8. The number of ether oxygens (including phenoxy) is 2. The van der Waals surface area contributed by atoms with Gasteiger partial charge in [0, 0.05) is 17.2 Å². The lowest BCUT2D eigenvalue weighted by Crippen LogP contribution is -2.28. The van der Waals surface area contributed by atoms with Crippen LogP contribution in [0, 0.1) is 5.92 Å². The summed E-state index contributed by atoms with van der Waals surface area (Å²) in [4.78, 5) is 0. The highest BCUT2D eigenvalue weighted by atomic mass is 16.5. The van der Waals surface area contributed by atoms with Crippen LogP contribution in [0.3, 0.4) is 0 Å². The van der Waals surface area contributed by atoms with Crippen molar-refractivity contribution in [3.63, 3.8) is 0 Å². The van der Waals surface area contributed by atoms with Gasteiger partial charge in [0.15, 0.2) is 0 Å². The summed E-state index contributed by atoms with van der Waals surface area (Å²) < 4.78 is 10.8. The first-order chi connectivity index (χ1) is 12.6. The van der Waals surface area contributed by atoms with Crippen LogP contribution in [0.5, 0.6) is 11.5 Å². The maximum Gasteiger partial charge on any atom is 0.119 e. The summed E-state index contributed by atoms with van der Waals surface area (Å²) in [5, 5.41) is 7.07. The number of rotatable bonds is 4. The fourth-order valence-corrected chi connectivity index (χ4v) is 4.07. The molecule has 26 heavy (non-hydrogen) atoms. The minimum Gasteiger partial charge on any atom is -0.497 e. The Bertz CT molecular complexity index is 870. The number of aryl methyl sites for hydroxylation is 1. The van der Waals surface area contributed by atoms with Crippen molar-refractivity contribution < 1.29 is 9.47 Å². The van der Waals surface area contributed by atoms with Gasteiger partial charge in [0.2, 0.25) is 0 Å². The molecule has 0 saturated carbocycles. The van der Waals surface area contributed by atoms with Crippen LogP contribution in [0.25, 0.3) is 0 Å². The maximum absolute atomic E-state index is 5.44. The largest absolute Gasteiger partial charge is 0.497 e. The Morgan fingerprint density at radius 3 is 2.42 bits per heavy atom. The van der Waals surface area contributed by atoms with Crippen molar-refractivity contribution in [2.75, 3.05) is 14.2 Å². The van der Waals surface area contributed by atoms with Crippen molar-refractivity contribution in [1.29, 1.82) is 0 Å². The zero-order valence-corrected chi connectivity index (χ0v) is 15.5. The van der Waals surface area contributed by atoms with Gasteiger partial charge in [-0.25, -0.2) is 0 Å². The normalized spacial score (nSPS) is 20.9. The van der Waals surface area contributed by atoms with Crippen LogP contribution in [-0.2, 0) is 6.42 Å². The monoisotopic (exact) mass is 348 g/mol. The van der Waals surface area contributed by atoms with Gasteiger partial charge in [-0.05, 0) is 55.2 Å². The van der Waals surface area contributed by atoms with E-state index >= 15 is 0 Å². The molecule has 2 atom stereocenters. The molecule has 0 spiro atoms. The highest BCUT2D eigenvalue weighted by Crippen LogP contribution is 2.45. The molecule has 4 heteroatoms. The molecule has 2 aliphatic rings. The summed E-state index contributed by atoms with van der Waals surface area (Å²) in [6.45, 7) is 6.18. The second-order valence-corrected chi connectivity index (χ2v) is 6.95. The van der Waals surface area contributed by atoms with Gasteiger partial charge in [-0.2, -0.15) is 5.10 Å². The van der Waals surface area contributed by atoms with Gasteiger partial charge in [0.25, 0.3) is 0 Å². The van der Waals surface area contributed by atoms with E-state index in [2.05, 4.69) is 35.9 Å². The Morgan fingerprint density at radius 1 is 1.08 bits per heavy atom. The molecule has 2 aromatic carbocycles. The minimum absolute atomic E-state index is 0.174. The first kappa shape index (κ1) is 16.7. The fraction of sp³-hybridized carbons (Fsp3) is 0.318. The quantitative estimate of drug-likeness (QED) is 0.812. The fourth-order valence-electron chi connectivity index (χ4n) is 4.07. The van der Waals surface area contributed by atoms with Crippen molar-refractivity contribution in [1.82, 2.24) is 5.01 Å². The second-order valence-electron chi connectivity index (χ2n) is 6.95. The van der Waals surface area contributed by atoms with Crippen LogP contribution >= 0.6 is 0 Å². The number of hydrogen-bond donors (Lipinski definition) is 0. The third-order valence-electron chi connectivity index (χ3n) is 5.38. The number of methoxy groups -OCH3 is 2. The summed E-state index contributed by atoms with van der Waals surface area (Å²) in [5.74, 6) is 2.09. The van der Waals surface area contributed by atoms with E-state index in [-0.39, 0.29) is 6.04 Å². The number of hydrogen-bond acceptors (Lipinski definition) is 4. The van der Waals surface area contributed by atoms with Crippen molar-refractivity contribution in [2.24, 2.45) is 11.0 Å². The van der Waals surface area contributed by atoms with Crippen molar-refractivity contribution >= 4 is 5.71 Å². The lowest BCUT2D eigenvalue weighted by Gasteiger charge is -2.30. The molecule has 1 aliphatic carbocycles. The van der Waals surface area contributed by atoms with Crippen LogP contribution in [0.4, 0.5) is 0 Å². The Labute approximate surface area is 154 Å². The Kier molecular flexibility index (Phi) is 4.19. The van der Waals surface area contributed by atoms with Crippen LogP contribution in [0.2, 0.25) is 0 Å². The third kappa shape index (κ3) is 2.66. The van der Waals surface area contributed by atoms with E-state index in [0.29, 0.717) is 5.92 Å². The summed E-state index contributed by atoms with van der Waals surface area (Å²) in [5.41, 5.74) is 5.90. The van der Waals surface area contributed by atoms with Crippen LogP contribution in [0.15, 0.2) is 59.8 Å². The average molecular weight is 348 g/mol. The number of benzene rings is 2. The van der Waals surface area contributed by atoms with Gasteiger partial charge in [-0.1, -0.05) is 24.8 Å². The molecule has 0 radical (unpaired) electrons. The zero-order valence-electron chi connectivity index (χ0n) is 15.5. The summed E-state index contributed by atoms with van der Waals surface area (Å²) >= 11 is 0. The molecule has 2 aromatic rings. The van der Waals surface area contributed by atoms with Gasteiger partial charge < -0.3 is 9.47 Å². The molecule has 0 saturated heterocycles. The Balaban J connectivity index is 1.77. The molecule has 134 valence electrons. The highest BCUT2D eigenvalue weighted by molar-refractivity contribution is 6.06. The average Bonchev–Trinajstić information content (AvgIpc) is 3.08. The highest BCUT2D eigenvalue weighted by Gasteiger charge is 2.41. The molecular weight excluding hydrogens is 324 g/mol. The first-order valence-corrected chi connectivity index (χ1v) is 8.97. The molecule has 0 aromatic heterocycles. The number of fused-ring (bicyclic) bond motifs is 3. The van der Waals surface area contributed by atoms with E-state index in [0.717, 1.165) is 35.7 Å². The molecular formula is C22H24N2O2. The van der Waals surface area contributed by atoms with Crippen molar-refractivity contribution in [2.45, 2.75) is 25.8 Å². The van der Waals surface area contributed by atoms with E-state index in [1.165, 1.54) is 16.7 Å². The molecule has 1 heterocycles. The number of allylic oxidation sites excluding steroid dienone is 1. The molecule has 0 unspecified atom stereocenters. The number of nitrogens with zero attached hydrogens (tertiary/aromatic N) is 2. The molecule has 4 rings (SSSR count). The molecule has 0 N–H and O–H groups in total. The summed E-state index contributed by atoms with van der Waals surface area (Å²) in [7, 11) is 3.40. The predicted octanol–water partition coefficient (Wildman–Crippen LogP) is 4.56. The van der Waals surface area contributed by atoms with Gasteiger partial charge in [-0.15, -0.1) is 0 Å². The van der Waals surface area contributed by atoms with E-state index < -0.39 is 0 Å². The van der Waals surface area contributed by atoms with Gasteiger partial charge >= 0.3 is 0 Å². The Morgan fingerprint density at radius 2 is 1.77 bits per heavy atom. The summed E-state index contributed by atoms with van der Waals surface area (Å²) in [6.07, 6.45) is 2.14. The predicted molar refractivity (Wildman–Crippen MR) is 104 cm³/mol. The van der Waals surface area contributed by atoms with E-state index in [1.54, 1.807) is 14.2 Å². The van der Waals surface area contributed by atoms with Crippen molar-refractivity contribution in [3.8, 4) is 11.5 Å². The Hall–Kier alpha value is -2.75. The smallest absolute Gasteiger partial charge is 0.119 e. The zero-order chi connectivity index (χ0) is 18.3. The van der Waals surface area contributed by atoms with Crippen LogP contribution < -0.4 is 9.47 Å². The van der Waals surface area contributed by atoms with Crippen LogP contribution in [0.1, 0.15) is 36.1 Å². The lowest BCUT2D eigenvalue weighted by molar-refractivity contribution is 0.254. The van der Waals surface area contributed by atoms with Gasteiger partial charge in [-0.3, -0.25) is 5.01 Å². The van der Waals surface area contributed by atoms with E-state index in [9.17, 15) is 0 Å². The van der Waals surface area contributed by atoms with Crippen LogP contribution in [-0.4, -0.2) is 24.9 Å². The van der Waals surface area contributed by atoms with Gasteiger partial charge in [0.1, 0.15) is 11.5 Å².